The van der Waals surface area contributed by atoms with E-state index in [2.05, 4.69) is 0 Å². The van der Waals surface area contributed by atoms with Crippen molar-refractivity contribution in [2.75, 3.05) is 5.75 Å². The highest BCUT2D eigenvalue weighted by atomic mass is 32.2. The van der Waals surface area contributed by atoms with E-state index < -0.39 is 39.1 Å². The molecule has 22 heavy (non-hydrogen) atoms. The fraction of sp³-hybridized carbons (Fsp3) is 0.214. The lowest BCUT2D eigenvalue weighted by molar-refractivity contribution is 0.0269. The molecule has 0 bridgehead atoms. The number of rotatable bonds is 2. The van der Waals surface area contributed by atoms with Crippen molar-refractivity contribution in [1.82, 2.24) is 0 Å². The number of sulfone groups is 1. The van der Waals surface area contributed by atoms with E-state index >= 15 is 0 Å². The summed E-state index contributed by atoms with van der Waals surface area (Å²) in [6.07, 6.45) is -0.760. The molecular weight excluding hydrogens is 334 g/mol. The molecule has 0 N–H and O–H groups in total. The summed E-state index contributed by atoms with van der Waals surface area (Å²) in [5, 5.41) is 1.58. The van der Waals surface area contributed by atoms with E-state index in [0.717, 1.165) is 29.5 Å². The van der Waals surface area contributed by atoms with E-state index in [1.54, 1.807) is 11.4 Å². The van der Waals surface area contributed by atoms with E-state index in [1.807, 2.05) is 0 Å². The maximum Gasteiger partial charge on any atom is 0.344 e. The predicted molar refractivity (Wildman–Crippen MR) is 75.5 cm³/mol. The van der Waals surface area contributed by atoms with Crippen molar-refractivity contribution in [3.05, 3.63) is 52.4 Å². The lowest BCUT2D eigenvalue weighted by atomic mass is 10.1. The molecule has 2 heterocycles. The minimum absolute atomic E-state index is 0.0634. The number of esters is 1. The van der Waals surface area contributed by atoms with Gasteiger partial charge in [0, 0.05) is 12.0 Å². The first-order chi connectivity index (χ1) is 10.4. The van der Waals surface area contributed by atoms with Gasteiger partial charge in [0.1, 0.15) is 27.5 Å². The largest absolute Gasteiger partial charge is 0.454 e. The summed E-state index contributed by atoms with van der Waals surface area (Å²) < 4.78 is 56.2. The molecule has 0 amide bonds. The summed E-state index contributed by atoms with van der Waals surface area (Å²) in [5.74, 6) is -3.34. The Kier molecular flexibility index (Phi) is 3.73. The van der Waals surface area contributed by atoms with Gasteiger partial charge < -0.3 is 4.74 Å². The second-order valence-electron chi connectivity index (χ2n) is 4.76. The van der Waals surface area contributed by atoms with Gasteiger partial charge in [0.15, 0.2) is 9.84 Å². The maximum atomic E-state index is 13.6. The molecule has 0 saturated carbocycles. The summed E-state index contributed by atoms with van der Waals surface area (Å²) in [7, 11) is -3.37. The Morgan fingerprint density at radius 1 is 1.23 bits per heavy atom. The molecule has 8 heteroatoms. The Hall–Kier alpha value is -1.80. The monoisotopic (exact) mass is 344 g/mol. The molecule has 0 aliphatic carbocycles. The van der Waals surface area contributed by atoms with Gasteiger partial charge in [0.05, 0.1) is 5.75 Å². The Morgan fingerprint density at radius 3 is 2.59 bits per heavy atom. The first kappa shape index (κ1) is 15.1. The lowest BCUT2D eigenvalue weighted by Gasteiger charge is -2.22. The van der Waals surface area contributed by atoms with Crippen LogP contribution in [0.15, 0.2) is 33.9 Å². The standard InChI is InChI=1S/C14H10F2O4S2/c15-9-2-1-3-10(16)12(9)13(17)20-11-5-7-22(18,19)14-8(11)4-6-21-14/h1-4,6,11H,5,7H2/t11-/m0/s1. The van der Waals surface area contributed by atoms with Crippen LogP contribution in [0.3, 0.4) is 0 Å². The number of carbonyl (C=O) groups excluding carboxylic acids is 1. The van der Waals surface area contributed by atoms with Gasteiger partial charge in [-0.2, -0.15) is 0 Å². The Labute approximate surface area is 129 Å². The van der Waals surface area contributed by atoms with Crippen LogP contribution in [0.2, 0.25) is 0 Å². The molecule has 3 rings (SSSR count). The van der Waals surface area contributed by atoms with Gasteiger partial charge in [0.25, 0.3) is 0 Å². The maximum absolute atomic E-state index is 13.6. The van der Waals surface area contributed by atoms with E-state index in [4.69, 9.17) is 4.74 Å². The summed E-state index contributed by atoms with van der Waals surface area (Å²) in [5.41, 5.74) is -0.408. The van der Waals surface area contributed by atoms with E-state index in [0.29, 0.717) is 5.56 Å². The number of benzene rings is 1. The Bertz CT molecular complexity index is 822. The molecule has 0 saturated heterocycles. The van der Waals surface area contributed by atoms with Crippen molar-refractivity contribution in [3.8, 4) is 0 Å². The van der Waals surface area contributed by atoms with Crippen LogP contribution in [0, 0.1) is 11.6 Å². The fourth-order valence-corrected chi connectivity index (χ4v) is 5.26. The molecule has 0 fully saturated rings. The molecule has 116 valence electrons. The van der Waals surface area contributed by atoms with Crippen molar-refractivity contribution in [2.24, 2.45) is 0 Å². The lowest BCUT2D eigenvalue weighted by Crippen LogP contribution is -2.23. The molecular formula is C14H10F2O4S2. The summed E-state index contributed by atoms with van der Waals surface area (Å²) >= 11 is 1.04. The van der Waals surface area contributed by atoms with Crippen LogP contribution in [0.4, 0.5) is 8.78 Å². The van der Waals surface area contributed by atoms with Crippen LogP contribution in [-0.2, 0) is 14.6 Å². The van der Waals surface area contributed by atoms with Gasteiger partial charge in [-0.15, -0.1) is 11.3 Å². The average Bonchev–Trinajstić information content (AvgIpc) is 2.93. The molecule has 4 nitrogen and oxygen atoms in total. The molecule has 1 aromatic heterocycles. The first-order valence-electron chi connectivity index (χ1n) is 6.35. The first-order valence-corrected chi connectivity index (χ1v) is 8.88. The van der Waals surface area contributed by atoms with Crippen LogP contribution in [0.1, 0.15) is 28.4 Å². The number of hydrogen-bond acceptors (Lipinski definition) is 5. The molecule has 0 unspecified atom stereocenters. The Balaban J connectivity index is 1.91. The number of carbonyl (C=O) groups is 1. The normalized spacial score (nSPS) is 19.5. The van der Waals surface area contributed by atoms with Crippen molar-refractivity contribution in [1.29, 1.82) is 0 Å². The van der Waals surface area contributed by atoms with Gasteiger partial charge in [-0.25, -0.2) is 22.0 Å². The van der Waals surface area contributed by atoms with Gasteiger partial charge in [0.2, 0.25) is 0 Å². The van der Waals surface area contributed by atoms with Crippen LogP contribution in [0.25, 0.3) is 0 Å². The zero-order chi connectivity index (χ0) is 15.9. The van der Waals surface area contributed by atoms with Crippen molar-refractivity contribution in [2.45, 2.75) is 16.7 Å². The van der Waals surface area contributed by atoms with Gasteiger partial charge >= 0.3 is 5.97 Å². The van der Waals surface area contributed by atoms with Gasteiger partial charge in [-0.3, -0.25) is 0 Å². The number of thiophene rings is 1. The van der Waals surface area contributed by atoms with Crippen LogP contribution >= 0.6 is 11.3 Å². The minimum Gasteiger partial charge on any atom is -0.454 e. The van der Waals surface area contributed by atoms with Gasteiger partial charge in [-0.05, 0) is 23.6 Å². The van der Waals surface area contributed by atoms with Crippen LogP contribution < -0.4 is 0 Å². The second-order valence-corrected chi connectivity index (χ2v) is 7.98. The quantitative estimate of drug-likeness (QED) is 0.786. The third-order valence-electron chi connectivity index (χ3n) is 3.35. The number of halogens is 2. The highest BCUT2D eigenvalue weighted by molar-refractivity contribution is 7.93. The second kappa shape index (κ2) is 5.44. The summed E-state index contributed by atoms with van der Waals surface area (Å²) in [6, 6.07) is 4.61. The van der Waals surface area contributed by atoms with E-state index in [1.165, 1.54) is 0 Å². The van der Waals surface area contributed by atoms with E-state index in [-0.39, 0.29) is 16.4 Å². The zero-order valence-corrected chi connectivity index (χ0v) is 12.7. The van der Waals surface area contributed by atoms with Crippen LogP contribution in [0.5, 0.6) is 0 Å². The van der Waals surface area contributed by atoms with Crippen molar-refractivity contribution in [3.63, 3.8) is 0 Å². The van der Waals surface area contributed by atoms with E-state index in [9.17, 15) is 22.0 Å². The highest BCUT2D eigenvalue weighted by Crippen LogP contribution is 2.38. The van der Waals surface area contributed by atoms with Crippen molar-refractivity contribution < 1.29 is 26.7 Å². The molecule has 0 radical (unpaired) electrons. The smallest absolute Gasteiger partial charge is 0.344 e. The van der Waals surface area contributed by atoms with Gasteiger partial charge in [-0.1, -0.05) is 6.07 Å². The van der Waals surface area contributed by atoms with Crippen LogP contribution in [-0.4, -0.2) is 20.1 Å². The molecule has 1 atom stereocenters. The number of ether oxygens (including phenoxy) is 1. The topological polar surface area (TPSA) is 60.4 Å². The Morgan fingerprint density at radius 2 is 1.91 bits per heavy atom. The third kappa shape index (κ3) is 2.52. The minimum atomic E-state index is -3.37. The summed E-state index contributed by atoms with van der Waals surface area (Å²) in [4.78, 5) is 12.0. The highest BCUT2D eigenvalue weighted by Gasteiger charge is 2.34. The molecule has 1 aliphatic heterocycles. The third-order valence-corrected chi connectivity index (χ3v) is 6.70. The molecule has 1 aliphatic rings. The summed E-state index contributed by atoms with van der Waals surface area (Å²) in [6.45, 7) is 0. The molecule has 0 spiro atoms. The molecule has 1 aromatic carbocycles. The fourth-order valence-electron chi connectivity index (χ4n) is 2.31. The van der Waals surface area contributed by atoms with Crippen molar-refractivity contribution >= 4 is 27.1 Å². The SMILES string of the molecule is O=C(O[C@H]1CCS(=O)(=O)c2sccc21)c1c(F)cccc1F. The average molecular weight is 344 g/mol. The zero-order valence-electron chi connectivity index (χ0n) is 11.1. The molecule has 2 aromatic rings. The number of hydrogen-bond donors (Lipinski definition) is 0. The predicted octanol–water partition coefficient (Wildman–Crippen LogP) is 3.10. The number of fused-ring (bicyclic) bond motifs is 1.